The van der Waals surface area contributed by atoms with Crippen molar-refractivity contribution in [3.63, 3.8) is 0 Å². The Kier molecular flexibility index (Phi) is 3.46. The molecule has 0 bridgehead atoms. The molecule has 0 unspecified atom stereocenters. The van der Waals surface area contributed by atoms with Gasteiger partial charge in [-0.15, -0.1) is 0 Å². The standard InChI is InChI=1S/C28H24/c1-17-18(2)25-16-20-15-19(23-9-6-7-12-26(23)28(3,4)5)13-14-22(20)24-11-8-10-21(17)27(24)25/h6-16H,1-2H2,3-5H3. The summed E-state index contributed by atoms with van der Waals surface area (Å²) in [6.45, 7) is 15.4. The van der Waals surface area contributed by atoms with Gasteiger partial charge in [-0.25, -0.2) is 0 Å². The van der Waals surface area contributed by atoms with Crippen molar-refractivity contribution in [1.29, 1.82) is 0 Å². The van der Waals surface area contributed by atoms with E-state index in [1.165, 1.54) is 49.4 Å². The first-order chi connectivity index (χ1) is 13.4. The first kappa shape index (κ1) is 17.0. The Labute approximate surface area is 166 Å². The molecule has 0 N–H and O–H groups in total. The van der Waals surface area contributed by atoms with E-state index in [4.69, 9.17) is 0 Å². The molecule has 0 spiro atoms. The maximum Gasteiger partial charge on any atom is -0.00204 e. The number of hydrogen-bond donors (Lipinski definition) is 0. The van der Waals surface area contributed by atoms with Crippen molar-refractivity contribution in [2.75, 3.05) is 0 Å². The van der Waals surface area contributed by atoms with Crippen molar-refractivity contribution >= 4 is 32.7 Å². The summed E-state index contributed by atoms with van der Waals surface area (Å²) in [5.41, 5.74) is 8.60. The fourth-order valence-electron chi connectivity index (χ4n) is 4.59. The molecule has 0 heteroatoms. The van der Waals surface area contributed by atoms with E-state index in [0.717, 1.165) is 11.1 Å². The summed E-state index contributed by atoms with van der Waals surface area (Å²) in [6, 6.07) is 24.4. The number of benzene rings is 4. The molecule has 5 rings (SSSR count). The number of allylic oxidation sites excluding steroid dienone is 2. The van der Waals surface area contributed by atoms with E-state index < -0.39 is 0 Å². The molecule has 0 fully saturated rings. The second-order valence-electron chi connectivity index (χ2n) is 8.84. The maximum atomic E-state index is 4.31. The average molecular weight is 361 g/mol. The van der Waals surface area contributed by atoms with Crippen LogP contribution in [0.15, 0.2) is 79.9 Å². The van der Waals surface area contributed by atoms with Crippen LogP contribution in [0.25, 0.3) is 43.8 Å². The van der Waals surface area contributed by atoms with Gasteiger partial charge in [-0.05, 0) is 78.1 Å². The molecule has 0 radical (unpaired) electrons. The molecule has 0 saturated carbocycles. The van der Waals surface area contributed by atoms with E-state index in [1.54, 1.807) is 0 Å². The zero-order chi connectivity index (χ0) is 19.6. The van der Waals surface area contributed by atoms with Crippen LogP contribution in [0.4, 0.5) is 0 Å². The van der Waals surface area contributed by atoms with Crippen molar-refractivity contribution in [3.8, 4) is 11.1 Å². The molecular formula is C28H24. The van der Waals surface area contributed by atoms with Crippen LogP contribution >= 0.6 is 0 Å². The van der Waals surface area contributed by atoms with Gasteiger partial charge in [0.2, 0.25) is 0 Å². The van der Waals surface area contributed by atoms with Crippen LogP contribution in [-0.4, -0.2) is 0 Å². The predicted molar refractivity (Wildman–Crippen MR) is 124 cm³/mol. The molecule has 28 heavy (non-hydrogen) atoms. The Morgan fingerprint density at radius 2 is 1.36 bits per heavy atom. The van der Waals surface area contributed by atoms with Gasteiger partial charge >= 0.3 is 0 Å². The van der Waals surface area contributed by atoms with Gasteiger partial charge in [0.25, 0.3) is 0 Å². The molecule has 0 aromatic heterocycles. The van der Waals surface area contributed by atoms with Gasteiger partial charge in [0.05, 0.1) is 0 Å². The molecular weight excluding hydrogens is 336 g/mol. The third-order valence-electron chi connectivity index (χ3n) is 6.04. The summed E-state index contributed by atoms with van der Waals surface area (Å²) in [4.78, 5) is 0. The normalized spacial score (nSPS) is 13.7. The van der Waals surface area contributed by atoms with Gasteiger partial charge < -0.3 is 0 Å². The summed E-state index contributed by atoms with van der Waals surface area (Å²) in [6.07, 6.45) is 0. The van der Waals surface area contributed by atoms with Gasteiger partial charge in [-0.1, -0.05) is 88.5 Å². The van der Waals surface area contributed by atoms with E-state index in [0.29, 0.717) is 0 Å². The van der Waals surface area contributed by atoms with Crippen molar-refractivity contribution < 1.29 is 0 Å². The first-order valence-electron chi connectivity index (χ1n) is 9.84. The quantitative estimate of drug-likeness (QED) is 0.302. The lowest BCUT2D eigenvalue weighted by atomic mass is 9.81. The van der Waals surface area contributed by atoms with Crippen LogP contribution in [0.1, 0.15) is 37.5 Å². The van der Waals surface area contributed by atoms with Gasteiger partial charge in [0.15, 0.2) is 0 Å². The predicted octanol–water partition coefficient (Wildman–Crippen LogP) is 8.00. The summed E-state index contributed by atoms with van der Waals surface area (Å²) in [7, 11) is 0. The summed E-state index contributed by atoms with van der Waals surface area (Å²) >= 11 is 0. The SMILES string of the molecule is C=C1C(=C)c2cc3cc(-c4ccccc4C(C)(C)C)ccc3c3cccc1c23. The lowest BCUT2D eigenvalue weighted by molar-refractivity contribution is 0.592. The Bertz CT molecular complexity index is 1310. The molecule has 0 saturated heterocycles. The highest BCUT2D eigenvalue weighted by molar-refractivity contribution is 6.26. The number of rotatable bonds is 1. The monoisotopic (exact) mass is 360 g/mol. The van der Waals surface area contributed by atoms with Crippen LogP contribution in [0, 0.1) is 0 Å². The number of fused-ring (bicyclic) bond motifs is 2. The average Bonchev–Trinajstić information content (AvgIpc) is 2.93. The van der Waals surface area contributed by atoms with Gasteiger partial charge in [0.1, 0.15) is 0 Å². The van der Waals surface area contributed by atoms with Crippen LogP contribution < -0.4 is 0 Å². The summed E-state index contributed by atoms with van der Waals surface area (Å²) in [5, 5.41) is 5.14. The molecule has 0 nitrogen and oxygen atoms in total. The summed E-state index contributed by atoms with van der Waals surface area (Å²) < 4.78 is 0. The maximum absolute atomic E-state index is 4.31. The smallest absolute Gasteiger partial charge is 0.00204 e. The van der Waals surface area contributed by atoms with E-state index in [-0.39, 0.29) is 5.41 Å². The zero-order valence-electron chi connectivity index (χ0n) is 16.8. The highest BCUT2D eigenvalue weighted by atomic mass is 14.3. The second kappa shape index (κ2) is 5.69. The summed E-state index contributed by atoms with van der Waals surface area (Å²) in [5.74, 6) is 0. The molecule has 136 valence electrons. The van der Waals surface area contributed by atoms with E-state index >= 15 is 0 Å². The van der Waals surface area contributed by atoms with E-state index in [2.05, 4.69) is 101 Å². The van der Waals surface area contributed by atoms with Crippen molar-refractivity contribution in [2.45, 2.75) is 26.2 Å². The molecule has 4 aromatic rings. The van der Waals surface area contributed by atoms with Crippen LogP contribution in [0.3, 0.4) is 0 Å². The lowest BCUT2D eigenvalue weighted by Gasteiger charge is -2.23. The minimum absolute atomic E-state index is 0.101. The van der Waals surface area contributed by atoms with Crippen molar-refractivity contribution in [3.05, 3.63) is 96.6 Å². The topological polar surface area (TPSA) is 0 Å². The lowest BCUT2D eigenvalue weighted by Crippen LogP contribution is -2.12. The molecule has 0 heterocycles. The minimum Gasteiger partial charge on any atom is -0.0905 e. The van der Waals surface area contributed by atoms with Crippen LogP contribution in [-0.2, 0) is 5.41 Å². The van der Waals surface area contributed by atoms with Gasteiger partial charge in [-0.2, -0.15) is 0 Å². The van der Waals surface area contributed by atoms with E-state index in [1.807, 2.05) is 0 Å². The number of hydrogen-bond acceptors (Lipinski definition) is 0. The minimum atomic E-state index is 0.101. The third-order valence-corrected chi connectivity index (χ3v) is 6.04. The largest absolute Gasteiger partial charge is 0.0905 e. The second-order valence-corrected chi connectivity index (χ2v) is 8.84. The zero-order valence-corrected chi connectivity index (χ0v) is 16.8. The van der Waals surface area contributed by atoms with Gasteiger partial charge in [-0.3, -0.25) is 0 Å². The van der Waals surface area contributed by atoms with Crippen LogP contribution in [0.2, 0.25) is 0 Å². The highest BCUT2D eigenvalue weighted by Crippen LogP contribution is 2.46. The van der Waals surface area contributed by atoms with Crippen molar-refractivity contribution in [1.82, 2.24) is 0 Å². The van der Waals surface area contributed by atoms with Gasteiger partial charge in [0, 0.05) is 0 Å². The Morgan fingerprint density at radius 3 is 2.14 bits per heavy atom. The fraction of sp³-hybridized carbons (Fsp3) is 0.143. The fourth-order valence-corrected chi connectivity index (χ4v) is 4.59. The molecule has 0 aliphatic heterocycles. The molecule has 0 amide bonds. The Balaban J connectivity index is 1.82. The Morgan fingerprint density at radius 1 is 0.643 bits per heavy atom. The molecule has 4 aromatic carbocycles. The molecule has 1 aliphatic rings. The molecule has 0 atom stereocenters. The van der Waals surface area contributed by atoms with Crippen molar-refractivity contribution in [2.24, 2.45) is 0 Å². The molecule has 1 aliphatic carbocycles. The Hall–Kier alpha value is -3.12. The van der Waals surface area contributed by atoms with E-state index in [9.17, 15) is 0 Å². The van der Waals surface area contributed by atoms with Crippen LogP contribution in [0.5, 0.6) is 0 Å². The third kappa shape index (κ3) is 2.31. The first-order valence-corrected chi connectivity index (χ1v) is 9.84. The highest BCUT2D eigenvalue weighted by Gasteiger charge is 2.23.